The second-order valence-electron chi connectivity index (χ2n) is 8.40. The lowest BCUT2D eigenvalue weighted by atomic mass is 10.1. The van der Waals surface area contributed by atoms with E-state index in [1.807, 2.05) is 60.0 Å². The van der Waals surface area contributed by atoms with Crippen LogP contribution < -0.4 is 15.5 Å². The fourth-order valence-electron chi connectivity index (χ4n) is 3.62. The van der Waals surface area contributed by atoms with E-state index in [0.717, 1.165) is 32.1 Å². The van der Waals surface area contributed by atoms with Gasteiger partial charge in [-0.15, -0.1) is 11.3 Å². The number of nitrogens with one attached hydrogen (secondary N) is 2. The SMILES string of the molecule is O=C(N/N=C\c1cc(Br)ccc1OCc1ccc(F)cc1)c1ccc(-c2csc(Nc3ccccc3)n2)cc1. The first-order valence-electron chi connectivity index (χ1n) is 11.9. The predicted molar refractivity (Wildman–Crippen MR) is 157 cm³/mol. The number of nitrogens with zero attached hydrogens (tertiary/aromatic N) is 2. The molecule has 0 radical (unpaired) electrons. The van der Waals surface area contributed by atoms with Gasteiger partial charge in [-0.25, -0.2) is 14.8 Å². The van der Waals surface area contributed by atoms with Gasteiger partial charge < -0.3 is 10.1 Å². The van der Waals surface area contributed by atoms with Crippen LogP contribution in [0.25, 0.3) is 11.3 Å². The summed E-state index contributed by atoms with van der Waals surface area (Å²) in [4.78, 5) is 17.3. The van der Waals surface area contributed by atoms with Gasteiger partial charge in [0.2, 0.25) is 0 Å². The van der Waals surface area contributed by atoms with Crippen LogP contribution in [0.2, 0.25) is 0 Å². The molecule has 4 aromatic carbocycles. The number of thiazole rings is 1. The molecular formula is C30H22BrFN4O2S. The number of benzene rings is 4. The van der Waals surface area contributed by atoms with Crippen LogP contribution in [0.15, 0.2) is 112 Å². The van der Waals surface area contributed by atoms with Crippen molar-refractivity contribution in [2.75, 3.05) is 5.32 Å². The molecule has 5 rings (SSSR count). The molecule has 0 aliphatic heterocycles. The third kappa shape index (κ3) is 7.16. The van der Waals surface area contributed by atoms with E-state index < -0.39 is 0 Å². The van der Waals surface area contributed by atoms with E-state index in [0.29, 0.717) is 16.9 Å². The fraction of sp³-hybridized carbons (Fsp3) is 0.0333. The van der Waals surface area contributed by atoms with Crippen molar-refractivity contribution < 1.29 is 13.9 Å². The van der Waals surface area contributed by atoms with E-state index in [9.17, 15) is 9.18 Å². The lowest BCUT2D eigenvalue weighted by Gasteiger charge is -2.10. The zero-order valence-electron chi connectivity index (χ0n) is 20.5. The van der Waals surface area contributed by atoms with Gasteiger partial charge in [-0.1, -0.05) is 58.4 Å². The molecule has 1 heterocycles. The molecule has 0 unspecified atom stereocenters. The second kappa shape index (κ2) is 12.5. The van der Waals surface area contributed by atoms with Crippen LogP contribution in [0.1, 0.15) is 21.5 Å². The molecule has 5 aromatic rings. The minimum atomic E-state index is -0.341. The molecule has 1 aromatic heterocycles. The Morgan fingerprint density at radius 2 is 1.77 bits per heavy atom. The largest absolute Gasteiger partial charge is 0.488 e. The molecule has 0 aliphatic rings. The van der Waals surface area contributed by atoms with E-state index in [1.54, 1.807) is 30.3 Å². The summed E-state index contributed by atoms with van der Waals surface area (Å²) < 4.78 is 19.9. The third-order valence-electron chi connectivity index (χ3n) is 5.62. The molecule has 2 N–H and O–H groups in total. The molecule has 194 valence electrons. The number of rotatable bonds is 9. The number of aromatic nitrogens is 1. The monoisotopic (exact) mass is 600 g/mol. The Hall–Kier alpha value is -4.34. The Labute approximate surface area is 237 Å². The van der Waals surface area contributed by atoms with Crippen LogP contribution in [0.4, 0.5) is 15.2 Å². The molecule has 9 heteroatoms. The Morgan fingerprint density at radius 3 is 2.54 bits per heavy atom. The standard InChI is InChI=1S/C30H22BrFN4O2S/c31-24-12-15-28(38-18-20-6-13-25(32)14-7-20)23(16-24)17-33-36-29(37)22-10-8-21(9-11-22)27-19-39-30(35-27)34-26-4-2-1-3-5-26/h1-17,19H,18H2,(H,34,35)(H,36,37)/b33-17-. The Kier molecular flexibility index (Phi) is 8.40. The molecule has 0 spiro atoms. The number of hydrogen-bond acceptors (Lipinski definition) is 6. The van der Waals surface area contributed by atoms with Gasteiger partial charge in [0.15, 0.2) is 5.13 Å². The van der Waals surface area contributed by atoms with Gasteiger partial charge in [0, 0.05) is 32.2 Å². The van der Waals surface area contributed by atoms with Crippen LogP contribution >= 0.6 is 27.3 Å². The normalized spacial score (nSPS) is 10.9. The number of anilines is 2. The molecule has 39 heavy (non-hydrogen) atoms. The first-order chi connectivity index (χ1) is 19.0. The van der Waals surface area contributed by atoms with Crippen molar-refractivity contribution in [1.82, 2.24) is 10.4 Å². The average Bonchev–Trinajstić information content (AvgIpc) is 3.42. The maximum atomic E-state index is 13.1. The number of carbonyl (C=O) groups excluding carboxylic acids is 1. The quantitative estimate of drug-likeness (QED) is 0.134. The van der Waals surface area contributed by atoms with E-state index in [2.05, 4.69) is 36.8 Å². The van der Waals surface area contributed by atoms with Gasteiger partial charge in [0.1, 0.15) is 18.2 Å². The molecule has 0 aliphatic carbocycles. The Balaban J connectivity index is 1.20. The maximum Gasteiger partial charge on any atom is 0.271 e. The summed E-state index contributed by atoms with van der Waals surface area (Å²) in [5.74, 6) is -0.0606. The Morgan fingerprint density at radius 1 is 1.00 bits per heavy atom. The van der Waals surface area contributed by atoms with E-state index in [-0.39, 0.29) is 18.3 Å². The predicted octanol–water partition coefficient (Wildman–Crippen LogP) is 7.80. The molecular weight excluding hydrogens is 579 g/mol. The third-order valence-corrected chi connectivity index (χ3v) is 6.87. The fourth-order valence-corrected chi connectivity index (χ4v) is 4.74. The van der Waals surface area contributed by atoms with Crippen molar-refractivity contribution in [1.29, 1.82) is 0 Å². The van der Waals surface area contributed by atoms with Crippen LogP contribution in [0.5, 0.6) is 5.75 Å². The molecule has 0 bridgehead atoms. The summed E-state index contributed by atoms with van der Waals surface area (Å²) in [6, 6.07) is 28.6. The number of ether oxygens (including phenoxy) is 1. The van der Waals surface area contributed by atoms with Crippen molar-refractivity contribution in [3.63, 3.8) is 0 Å². The summed E-state index contributed by atoms with van der Waals surface area (Å²) in [5, 5.41) is 10.2. The molecule has 6 nitrogen and oxygen atoms in total. The van der Waals surface area contributed by atoms with Gasteiger partial charge in [-0.2, -0.15) is 5.10 Å². The van der Waals surface area contributed by atoms with Gasteiger partial charge in [0.25, 0.3) is 5.91 Å². The lowest BCUT2D eigenvalue weighted by molar-refractivity contribution is 0.0955. The summed E-state index contributed by atoms with van der Waals surface area (Å²) in [7, 11) is 0. The molecule has 1 amide bonds. The lowest BCUT2D eigenvalue weighted by Crippen LogP contribution is -2.17. The summed E-state index contributed by atoms with van der Waals surface area (Å²) in [6.45, 7) is 0.268. The topological polar surface area (TPSA) is 75.6 Å². The van der Waals surface area contributed by atoms with Crippen LogP contribution in [-0.2, 0) is 6.61 Å². The minimum absolute atomic E-state index is 0.268. The average molecular weight is 602 g/mol. The van der Waals surface area contributed by atoms with Crippen molar-refractivity contribution >= 4 is 50.2 Å². The maximum absolute atomic E-state index is 13.1. The van der Waals surface area contributed by atoms with E-state index >= 15 is 0 Å². The minimum Gasteiger partial charge on any atom is -0.488 e. The second-order valence-corrected chi connectivity index (χ2v) is 10.2. The number of halogens is 2. The van der Waals surface area contributed by atoms with Crippen molar-refractivity contribution in [3.8, 4) is 17.0 Å². The van der Waals surface area contributed by atoms with E-state index in [1.165, 1.54) is 29.7 Å². The smallest absolute Gasteiger partial charge is 0.271 e. The van der Waals surface area contributed by atoms with Crippen molar-refractivity contribution in [2.24, 2.45) is 5.10 Å². The van der Waals surface area contributed by atoms with Gasteiger partial charge >= 0.3 is 0 Å². The zero-order chi connectivity index (χ0) is 27.0. The number of carbonyl (C=O) groups is 1. The highest BCUT2D eigenvalue weighted by molar-refractivity contribution is 9.10. The van der Waals surface area contributed by atoms with Crippen LogP contribution in [0.3, 0.4) is 0 Å². The zero-order valence-corrected chi connectivity index (χ0v) is 22.9. The first kappa shape index (κ1) is 26.3. The summed E-state index contributed by atoms with van der Waals surface area (Å²) in [6.07, 6.45) is 1.52. The molecule has 0 saturated carbocycles. The van der Waals surface area contributed by atoms with Crippen LogP contribution in [0, 0.1) is 5.82 Å². The molecule has 0 fully saturated rings. The molecule has 0 atom stereocenters. The highest BCUT2D eigenvalue weighted by Crippen LogP contribution is 2.27. The number of hydrogen-bond donors (Lipinski definition) is 2. The number of hydrazone groups is 1. The van der Waals surface area contributed by atoms with Crippen molar-refractivity contribution in [2.45, 2.75) is 6.61 Å². The van der Waals surface area contributed by atoms with Gasteiger partial charge in [-0.05, 0) is 60.2 Å². The highest BCUT2D eigenvalue weighted by atomic mass is 79.9. The molecule has 0 saturated heterocycles. The Bertz CT molecular complexity index is 1590. The summed E-state index contributed by atoms with van der Waals surface area (Å²) >= 11 is 4.96. The summed E-state index contributed by atoms with van der Waals surface area (Å²) in [5.41, 5.74) is 7.24. The first-order valence-corrected chi connectivity index (χ1v) is 13.6. The van der Waals surface area contributed by atoms with Gasteiger partial charge in [-0.3, -0.25) is 4.79 Å². The number of para-hydroxylation sites is 1. The van der Waals surface area contributed by atoms with Crippen molar-refractivity contribution in [3.05, 3.63) is 129 Å². The van der Waals surface area contributed by atoms with E-state index in [4.69, 9.17) is 4.74 Å². The van der Waals surface area contributed by atoms with Gasteiger partial charge in [0.05, 0.1) is 11.9 Å². The highest BCUT2D eigenvalue weighted by Gasteiger charge is 2.09. The van der Waals surface area contributed by atoms with Crippen LogP contribution in [-0.4, -0.2) is 17.1 Å². The number of amides is 1.